The molecule has 0 aliphatic carbocycles. The maximum atomic E-state index is 12.7. The van der Waals surface area contributed by atoms with Gasteiger partial charge in [-0.05, 0) is 31.5 Å². The van der Waals surface area contributed by atoms with Crippen LogP contribution in [0.5, 0.6) is 0 Å². The van der Waals surface area contributed by atoms with Gasteiger partial charge in [-0.25, -0.2) is 9.97 Å². The van der Waals surface area contributed by atoms with Crippen LogP contribution in [-0.2, 0) is 0 Å². The highest BCUT2D eigenvalue weighted by atomic mass is 16.4. The standard InChI is InChI=1S/C20H21N5O3/c1-11-7-5-6-8-15(11)24-18-16(9-14(10-22-18)19(26)21-4)25-20(27)17-12(2)23-13(3)28-17/h5-10H,1-4H3,(H,21,26)(H,22,24)(H,25,27). The number of nitrogens with one attached hydrogen (secondary N) is 3. The summed E-state index contributed by atoms with van der Waals surface area (Å²) < 4.78 is 5.38. The molecule has 0 fully saturated rings. The van der Waals surface area contributed by atoms with E-state index in [0.717, 1.165) is 11.3 Å². The molecule has 0 saturated heterocycles. The smallest absolute Gasteiger partial charge is 0.293 e. The fourth-order valence-electron chi connectivity index (χ4n) is 2.69. The molecule has 0 aliphatic rings. The van der Waals surface area contributed by atoms with Gasteiger partial charge < -0.3 is 20.4 Å². The molecule has 0 saturated carbocycles. The molecule has 3 rings (SSSR count). The first-order chi connectivity index (χ1) is 13.4. The zero-order valence-corrected chi connectivity index (χ0v) is 16.1. The Morgan fingerprint density at radius 3 is 2.43 bits per heavy atom. The summed E-state index contributed by atoms with van der Waals surface area (Å²) >= 11 is 0. The Morgan fingerprint density at radius 2 is 1.79 bits per heavy atom. The molecule has 2 aromatic heterocycles. The van der Waals surface area contributed by atoms with E-state index in [1.165, 1.54) is 13.2 Å². The topological polar surface area (TPSA) is 109 Å². The summed E-state index contributed by atoms with van der Waals surface area (Å²) in [6, 6.07) is 9.25. The van der Waals surface area contributed by atoms with Crippen LogP contribution < -0.4 is 16.0 Å². The van der Waals surface area contributed by atoms with E-state index in [0.29, 0.717) is 28.7 Å². The van der Waals surface area contributed by atoms with Crippen LogP contribution in [0.1, 0.15) is 38.1 Å². The second-order valence-electron chi connectivity index (χ2n) is 6.24. The van der Waals surface area contributed by atoms with Crippen molar-refractivity contribution in [2.75, 3.05) is 17.7 Å². The maximum Gasteiger partial charge on any atom is 0.293 e. The number of aromatic nitrogens is 2. The van der Waals surface area contributed by atoms with Gasteiger partial charge in [0.2, 0.25) is 5.76 Å². The van der Waals surface area contributed by atoms with E-state index in [1.807, 2.05) is 31.2 Å². The highest BCUT2D eigenvalue weighted by Crippen LogP contribution is 2.27. The van der Waals surface area contributed by atoms with Crippen molar-refractivity contribution >= 4 is 29.0 Å². The van der Waals surface area contributed by atoms with Gasteiger partial charge in [0.05, 0.1) is 16.9 Å². The second kappa shape index (κ2) is 7.91. The number of para-hydroxylation sites is 1. The summed E-state index contributed by atoms with van der Waals surface area (Å²) in [5.74, 6) is 0.144. The molecular weight excluding hydrogens is 358 g/mol. The predicted octanol–water partition coefficient (Wildman–Crippen LogP) is 3.35. The molecule has 0 bridgehead atoms. The molecule has 2 heterocycles. The lowest BCUT2D eigenvalue weighted by Crippen LogP contribution is -2.20. The molecule has 0 atom stereocenters. The van der Waals surface area contributed by atoms with Crippen LogP contribution in [0.3, 0.4) is 0 Å². The lowest BCUT2D eigenvalue weighted by Gasteiger charge is -2.14. The minimum absolute atomic E-state index is 0.115. The molecule has 0 aliphatic heterocycles. The molecule has 28 heavy (non-hydrogen) atoms. The Labute approximate surface area is 162 Å². The predicted molar refractivity (Wildman–Crippen MR) is 106 cm³/mol. The van der Waals surface area contributed by atoms with Crippen molar-refractivity contribution in [1.29, 1.82) is 0 Å². The van der Waals surface area contributed by atoms with E-state index < -0.39 is 5.91 Å². The van der Waals surface area contributed by atoms with E-state index in [-0.39, 0.29) is 11.7 Å². The van der Waals surface area contributed by atoms with Gasteiger partial charge in [-0.2, -0.15) is 0 Å². The van der Waals surface area contributed by atoms with Crippen LogP contribution in [0.15, 0.2) is 40.9 Å². The first kappa shape index (κ1) is 19.1. The summed E-state index contributed by atoms with van der Waals surface area (Å²) in [5, 5.41) is 8.50. The van der Waals surface area contributed by atoms with Crippen molar-refractivity contribution in [3.05, 3.63) is 65.0 Å². The fourth-order valence-corrected chi connectivity index (χ4v) is 2.69. The monoisotopic (exact) mass is 379 g/mol. The number of amides is 2. The van der Waals surface area contributed by atoms with E-state index in [4.69, 9.17) is 4.42 Å². The highest BCUT2D eigenvalue weighted by molar-refractivity contribution is 6.05. The lowest BCUT2D eigenvalue weighted by atomic mass is 10.2. The number of pyridine rings is 1. The molecule has 8 nitrogen and oxygen atoms in total. The van der Waals surface area contributed by atoms with Gasteiger partial charge in [0, 0.05) is 25.9 Å². The molecule has 0 spiro atoms. The van der Waals surface area contributed by atoms with Crippen LogP contribution in [0.2, 0.25) is 0 Å². The normalized spacial score (nSPS) is 10.4. The molecular formula is C20H21N5O3. The van der Waals surface area contributed by atoms with Crippen molar-refractivity contribution < 1.29 is 14.0 Å². The average molecular weight is 379 g/mol. The Hall–Kier alpha value is -3.68. The number of benzene rings is 1. The van der Waals surface area contributed by atoms with E-state index in [9.17, 15) is 9.59 Å². The van der Waals surface area contributed by atoms with Crippen LogP contribution in [0.25, 0.3) is 0 Å². The lowest BCUT2D eigenvalue weighted by molar-refractivity contribution is 0.0960. The minimum atomic E-state index is -0.471. The van der Waals surface area contributed by atoms with Crippen molar-refractivity contribution in [3.8, 4) is 0 Å². The third kappa shape index (κ3) is 4.01. The van der Waals surface area contributed by atoms with Gasteiger partial charge >= 0.3 is 0 Å². The SMILES string of the molecule is CNC(=O)c1cnc(Nc2ccccc2C)c(NC(=O)c2oc(C)nc2C)c1. The van der Waals surface area contributed by atoms with Gasteiger partial charge in [-0.1, -0.05) is 18.2 Å². The molecule has 3 N–H and O–H groups in total. The Bertz CT molecular complexity index is 1040. The van der Waals surface area contributed by atoms with Gasteiger partial charge in [0.15, 0.2) is 11.7 Å². The molecule has 3 aromatic rings. The second-order valence-corrected chi connectivity index (χ2v) is 6.24. The first-order valence-corrected chi connectivity index (χ1v) is 8.69. The molecule has 0 radical (unpaired) electrons. The average Bonchev–Trinajstić information content (AvgIpc) is 3.02. The van der Waals surface area contributed by atoms with E-state index >= 15 is 0 Å². The number of anilines is 3. The molecule has 8 heteroatoms. The Morgan fingerprint density at radius 1 is 1.04 bits per heavy atom. The van der Waals surface area contributed by atoms with Crippen molar-refractivity contribution in [1.82, 2.24) is 15.3 Å². The number of hydrogen-bond donors (Lipinski definition) is 3. The Kier molecular flexibility index (Phi) is 5.39. The quantitative estimate of drug-likeness (QED) is 0.627. The van der Waals surface area contributed by atoms with Crippen molar-refractivity contribution in [2.24, 2.45) is 0 Å². The number of rotatable bonds is 5. The van der Waals surface area contributed by atoms with Gasteiger partial charge in [-0.3, -0.25) is 9.59 Å². The Balaban J connectivity index is 1.98. The summed E-state index contributed by atoms with van der Waals surface area (Å²) in [6.45, 7) is 5.32. The van der Waals surface area contributed by atoms with Crippen LogP contribution in [0.4, 0.5) is 17.2 Å². The maximum absolute atomic E-state index is 12.7. The molecule has 0 unspecified atom stereocenters. The number of carbonyl (C=O) groups is 2. The molecule has 144 valence electrons. The summed E-state index contributed by atoms with van der Waals surface area (Å²) in [6.07, 6.45) is 1.44. The largest absolute Gasteiger partial charge is 0.436 e. The number of aryl methyl sites for hydroxylation is 3. The van der Waals surface area contributed by atoms with Gasteiger partial charge in [0.25, 0.3) is 11.8 Å². The summed E-state index contributed by atoms with van der Waals surface area (Å²) in [7, 11) is 1.53. The molecule has 1 aromatic carbocycles. The van der Waals surface area contributed by atoms with Crippen LogP contribution in [0, 0.1) is 20.8 Å². The zero-order valence-electron chi connectivity index (χ0n) is 16.1. The molecule has 2 amide bonds. The third-order valence-electron chi connectivity index (χ3n) is 4.13. The third-order valence-corrected chi connectivity index (χ3v) is 4.13. The van der Waals surface area contributed by atoms with E-state index in [2.05, 4.69) is 25.9 Å². The van der Waals surface area contributed by atoms with Crippen molar-refractivity contribution in [2.45, 2.75) is 20.8 Å². The number of hydrogen-bond acceptors (Lipinski definition) is 6. The highest BCUT2D eigenvalue weighted by Gasteiger charge is 2.19. The zero-order chi connectivity index (χ0) is 20.3. The van der Waals surface area contributed by atoms with Crippen LogP contribution in [-0.4, -0.2) is 28.8 Å². The minimum Gasteiger partial charge on any atom is -0.436 e. The van der Waals surface area contributed by atoms with E-state index in [1.54, 1.807) is 19.9 Å². The van der Waals surface area contributed by atoms with Gasteiger partial charge in [-0.15, -0.1) is 0 Å². The number of carbonyl (C=O) groups excluding carboxylic acids is 2. The number of nitrogens with zero attached hydrogens (tertiary/aromatic N) is 2. The fraction of sp³-hybridized carbons (Fsp3) is 0.200. The van der Waals surface area contributed by atoms with Gasteiger partial charge in [0.1, 0.15) is 0 Å². The summed E-state index contributed by atoms with van der Waals surface area (Å²) in [4.78, 5) is 33.1. The van der Waals surface area contributed by atoms with Crippen molar-refractivity contribution in [3.63, 3.8) is 0 Å². The van der Waals surface area contributed by atoms with Crippen LogP contribution >= 0.6 is 0 Å². The first-order valence-electron chi connectivity index (χ1n) is 8.69. The number of oxazole rings is 1. The summed E-state index contributed by atoms with van der Waals surface area (Å²) in [5.41, 5.74) is 3.00.